The number of nitro groups is 1. The number of nitrogens with zero attached hydrogens (tertiary/aromatic N) is 3. The maximum Gasteiger partial charge on any atom is 0.293 e. The van der Waals surface area contributed by atoms with Crippen LogP contribution in [0.3, 0.4) is 0 Å². The maximum atomic E-state index is 12.6. The van der Waals surface area contributed by atoms with E-state index in [1.807, 2.05) is 43.3 Å². The Balaban J connectivity index is 1.77. The summed E-state index contributed by atoms with van der Waals surface area (Å²) in [5.74, 6) is 0.356. The molecule has 0 spiro atoms. The Morgan fingerprint density at radius 2 is 1.86 bits per heavy atom. The van der Waals surface area contributed by atoms with Gasteiger partial charge in [-0.2, -0.15) is 0 Å². The van der Waals surface area contributed by atoms with Crippen molar-refractivity contribution < 1.29 is 9.72 Å². The lowest BCUT2D eigenvalue weighted by Gasteiger charge is -2.16. The number of carbonyl (C=O) groups excluding carboxylic acids is 1. The lowest BCUT2D eigenvalue weighted by molar-refractivity contribution is -0.383. The molecule has 1 aromatic heterocycles. The normalized spacial score (nSPS) is 10.3. The van der Waals surface area contributed by atoms with Gasteiger partial charge in [-0.15, -0.1) is 0 Å². The number of hydrogen-bond acceptors (Lipinski definition) is 6. The number of nitro benzene ring substituents is 1. The van der Waals surface area contributed by atoms with Crippen LogP contribution in [0.2, 0.25) is 0 Å². The molecule has 0 aliphatic heterocycles. The average Bonchev–Trinajstić information content (AvgIpc) is 2.73. The first-order valence-corrected chi connectivity index (χ1v) is 8.95. The number of carbonyl (C=O) groups is 1. The fourth-order valence-electron chi connectivity index (χ4n) is 2.86. The molecule has 3 rings (SSSR count). The minimum absolute atomic E-state index is 0.170. The van der Waals surface area contributed by atoms with E-state index in [-0.39, 0.29) is 17.8 Å². The summed E-state index contributed by atoms with van der Waals surface area (Å²) in [4.78, 5) is 29.7. The second kappa shape index (κ2) is 8.83. The second-order valence-electron chi connectivity index (χ2n) is 6.54. The second-order valence-corrected chi connectivity index (χ2v) is 6.54. The minimum Gasteiger partial charge on any atom is -0.362 e. The number of hydrogen-bond donors (Lipinski definition) is 2. The van der Waals surface area contributed by atoms with Gasteiger partial charge in [0.15, 0.2) is 0 Å². The Morgan fingerprint density at radius 1 is 1.10 bits per heavy atom. The van der Waals surface area contributed by atoms with Crippen LogP contribution in [0.5, 0.6) is 0 Å². The van der Waals surface area contributed by atoms with Crippen LogP contribution >= 0.6 is 0 Å². The zero-order valence-corrected chi connectivity index (χ0v) is 16.1. The van der Waals surface area contributed by atoms with Gasteiger partial charge in [0.2, 0.25) is 0 Å². The van der Waals surface area contributed by atoms with Gasteiger partial charge in [-0.25, -0.2) is 4.98 Å². The lowest BCUT2D eigenvalue weighted by Crippen LogP contribution is -2.24. The van der Waals surface area contributed by atoms with Gasteiger partial charge in [-0.05, 0) is 30.3 Å². The Hall–Kier alpha value is -3.94. The molecule has 2 aromatic carbocycles. The van der Waals surface area contributed by atoms with E-state index in [2.05, 4.69) is 15.6 Å². The standard InChI is InChI=1S/C21H21N5O3/c1-25(2)20-16(7-6-12-22-20)14-23-21(27)15-10-11-18(19(13-15)26(28)29)24-17-8-4-3-5-9-17/h3-13,24H,14H2,1-2H3,(H,23,27). The molecule has 0 saturated carbocycles. The SMILES string of the molecule is CN(C)c1ncccc1CNC(=O)c1ccc(Nc2ccccc2)c([N+](=O)[O-])c1. The maximum absolute atomic E-state index is 12.6. The predicted molar refractivity (Wildman–Crippen MR) is 113 cm³/mol. The number of nitrogens with one attached hydrogen (secondary N) is 2. The quantitative estimate of drug-likeness (QED) is 0.470. The van der Waals surface area contributed by atoms with Crippen molar-refractivity contribution in [1.82, 2.24) is 10.3 Å². The molecule has 0 aliphatic rings. The summed E-state index contributed by atoms with van der Waals surface area (Å²) >= 11 is 0. The molecular weight excluding hydrogens is 370 g/mol. The van der Waals surface area contributed by atoms with Gasteiger partial charge >= 0.3 is 0 Å². The van der Waals surface area contributed by atoms with Crippen LogP contribution in [0.25, 0.3) is 0 Å². The number of para-hydroxylation sites is 1. The van der Waals surface area contributed by atoms with Crippen molar-refractivity contribution in [2.24, 2.45) is 0 Å². The van der Waals surface area contributed by atoms with Gasteiger partial charge in [-0.3, -0.25) is 14.9 Å². The van der Waals surface area contributed by atoms with E-state index in [1.165, 1.54) is 12.1 Å². The molecule has 2 N–H and O–H groups in total. The topological polar surface area (TPSA) is 100 Å². The molecule has 0 unspecified atom stereocenters. The van der Waals surface area contributed by atoms with E-state index in [0.717, 1.165) is 17.1 Å². The minimum atomic E-state index is -0.507. The molecule has 8 heteroatoms. The largest absolute Gasteiger partial charge is 0.362 e. The molecule has 0 aliphatic carbocycles. The molecule has 0 radical (unpaired) electrons. The van der Waals surface area contributed by atoms with Crippen LogP contribution in [-0.2, 0) is 6.54 Å². The fourth-order valence-corrected chi connectivity index (χ4v) is 2.86. The molecule has 0 atom stereocenters. The molecular formula is C21H21N5O3. The summed E-state index contributed by atoms with van der Waals surface area (Å²) in [6, 6.07) is 17.2. The number of anilines is 3. The van der Waals surface area contributed by atoms with Gasteiger partial charge in [0.25, 0.3) is 11.6 Å². The van der Waals surface area contributed by atoms with Gasteiger partial charge in [0.05, 0.1) is 4.92 Å². The van der Waals surface area contributed by atoms with E-state index in [9.17, 15) is 14.9 Å². The van der Waals surface area contributed by atoms with Crippen LogP contribution < -0.4 is 15.5 Å². The fraction of sp³-hybridized carbons (Fsp3) is 0.143. The highest BCUT2D eigenvalue weighted by molar-refractivity contribution is 5.96. The number of benzene rings is 2. The summed E-state index contributed by atoms with van der Waals surface area (Å²) in [5.41, 5.74) is 1.94. The van der Waals surface area contributed by atoms with Crippen LogP contribution in [0.4, 0.5) is 22.9 Å². The zero-order valence-electron chi connectivity index (χ0n) is 16.1. The average molecular weight is 391 g/mol. The van der Waals surface area contributed by atoms with Crippen LogP contribution in [0, 0.1) is 10.1 Å². The highest BCUT2D eigenvalue weighted by Gasteiger charge is 2.18. The van der Waals surface area contributed by atoms with Crippen molar-refractivity contribution in [2.75, 3.05) is 24.3 Å². The number of pyridine rings is 1. The van der Waals surface area contributed by atoms with E-state index >= 15 is 0 Å². The molecule has 0 fully saturated rings. The molecule has 29 heavy (non-hydrogen) atoms. The van der Waals surface area contributed by atoms with Crippen molar-refractivity contribution in [3.8, 4) is 0 Å². The van der Waals surface area contributed by atoms with Gasteiger partial charge in [-0.1, -0.05) is 24.3 Å². The Labute approximate surface area is 168 Å². The summed E-state index contributed by atoms with van der Waals surface area (Å²) in [7, 11) is 3.74. The lowest BCUT2D eigenvalue weighted by atomic mass is 10.1. The highest BCUT2D eigenvalue weighted by atomic mass is 16.6. The summed E-state index contributed by atoms with van der Waals surface area (Å²) in [6.45, 7) is 0.262. The van der Waals surface area contributed by atoms with E-state index in [4.69, 9.17) is 0 Å². The monoisotopic (exact) mass is 391 g/mol. The zero-order chi connectivity index (χ0) is 20.8. The predicted octanol–water partition coefficient (Wildman–Crippen LogP) is 3.73. The first-order valence-electron chi connectivity index (χ1n) is 8.95. The summed E-state index contributed by atoms with van der Waals surface area (Å²) < 4.78 is 0. The molecule has 0 saturated heterocycles. The summed E-state index contributed by atoms with van der Waals surface area (Å²) in [6.07, 6.45) is 1.68. The van der Waals surface area contributed by atoms with Crippen LogP contribution in [0.1, 0.15) is 15.9 Å². The van der Waals surface area contributed by atoms with Crippen molar-refractivity contribution in [2.45, 2.75) is 6.54 Å². The Morgan fingerprint density at radius 3 is 2.55 bits per heavy atom. The molecule has 8 nitrogen and oxygen atoms in total. The third kappa shape index (κ3) is 4.86. The Bertz CT molecular complexity index is 1020. The smallest absolute Gasteiger partial charge is 0.293 e. The number of aromatic nitrogens is 1. The third-order valence-corrected chi connectivity index (χ3v) is 4.24. The molecule has 0 bridgehead atoms. The van der Waals surface area contributed by atoms with Crippen molar-refractivity contribution in [3.63, 3.8) is 0 Å². The van der Waals surface area contributed by atoms with Gasteiger partial charge < -0.3 is 15.5 Å². The summed E-state index contributed by atoms with van der Waals surface area (Å²) in [5, 5.41) is 17.3. The van der Waals surface area contributed by atoms with E-state index in [1.54, 1.807) is 30.5 Å². The van der Waals surface area contributed by atoms with Crippen molar-refractivity contribution in [3.05, 3.63) is 88.1 Å². The van der Waals surface area contributed by atoms with Crippen molar-refractivity contribution >= 4 is 28.8 Å². The Kier molecular flexibility index (Phi) is 6.03. The molecule has 1 amide bonds. The first-order chi connectivity index (χ1) is 14.0. The first kappa shape index (κ1) is 19.8. The van der Waals surface area contributed by atoms with Gasteiger partial charge in [0.1, 0.15) is 11.5 Å². The van der Waals surface area contributed by atoms with Crippen LogP contribution in [-0.4, -0.2) is 29.9 Å². The van der Waals surface area contributed by atoms with E-state index < -0.39 is 10.8 Å². The van der Waals surface area contributed by atoms with Crippen molar-refractivity contribution in [1.29, 1.82) is 0 Å². The number of amides is 1. The molecule has 148 valence electrons. The number of rotatable bonds is 7. The van der Waals surface area contributed by atoms with Gasteiger partial charge in [0, 0.05) is 49.7 Å². The molecule has 3 aromatic rings. The van der Waals surface area contributed by atoms with Crippen LogP contribution in [0.15, 0.2) is 66.9 Å². The molecule has 1 heterocycles. The highest BCUT2D eigenvalue weighted by Crippen LogP contribution is 2.28. The van der Waals surface area contributed by atoms with E-state index in [0.29, 0.717) is 5.69 Å². The third-order valence-electron chi connectivity index (χ3n) is 4.24.